The molecule has 0 saturated carbocycles. The monoisotopic (exact) mass is 358 g/mol. The van der Waals surface area contributed by atoms with Crippen LogP contribution in [0.25, 0.3) is 0 Å². The van der Waals surface area contributed by atoms with Gasteiger partial charge in [-0.05, 0) is 58.2 Å². The third kappa shape index (κ3) is 4.77. The van der Waals surface area contributed by atoms with E-state index in [1.165, 1.54) is 24.0 Å². The summed E-state index contributed by atoms with van der Waals surface area (Å²) in [6.45, 7) is 9.08. The maximum Gasteiger partial charge on any atom is 0.191 e. The Morgan fingerprint density at radius 2 is 2.04 bits per heavy atom. The molecular formula is C21H34N4O. The smallest absolute Gasteiger partial charge is 0.191 e. The van der Waals surface area contributed by atoms with E-state index in [-0.39, 0.29) is 0 Å². The largest absolute Gasteiger partial charge is 0.373 e. The van der Waals surface area contributed by atoms with Crippen LogP contribution in [0.4, 0.5) is 0 Å². The Kier molecular flexibility index (Phi) is 6.54. The van der Waals surface area contributed by atoms with Gasteiger partial charge in [-0.3, -0.25) is 4.90 Å². The van der Waals surface area contributed by atoms with E-state index in [0.717, 1.165) is 25.5 Å². The lowest BCUT2D eigenvalue weighted by Crippen LogP contribution is -2.47. The zero-order chi connectivity index (χ0) is 18.5. The summed E-state index contributed by atoms with van der Waals surface area (Å²) in [6, 6.07) is 9.56. The standard InChI is InChI=1S/C21H34N4O/c1-5-22-21(24-19-12-18-10-11-20(19)26-18)23-13-16-8-6-7-9-17(16)14-25(4)15(2)3/h6-9,15,18-20H,5,10-14H2,1-4H3,(H2,22,23,24). The fourth-order valence-corrected chi connectivity index (χ4v) is 3.77. The van der Waals surface area contributed by atoms with E-state index in [0.29, 0.717) is 30.8 Å². The topological polar surface area (TPSA) is 48.9 Å². The van der Waals surface area contributed by atoms with Gasteiger partial charge in [0.2, 0.25) is 0 Å². The van der Waals surface area contributed by atoms with E-state index in [1.54, 1.807) is 0 Å². The van der Waals surface area contributed by atoms with Gasteiger partial charge in [0.05, 0.1) is 24.8 Å². The van der Waals surface area contributed by atoms with E-state index in [2.05, 4.69) is 67.6 Å². The molecule has 0 amide bonds. The molecule has 5 heteroatoms. The van der Waals surface area contributed by atoms with Gasteiger partial charge in [-0.25, -0.2) is 4.99 Å². The van der Waals surface area contributed by atoms with E-state index in [4.69, 9.17) is 9.73 Å². The van der Waals surface area contributed by atoms with E-state index < -0.39 is 0 Å². The minimum absolute atomic E-state index is 0.357. The molecule has 0 aliphatic carbocycles. The average Bonchev–Trinajstić information content (AvgIpc) is 3.24. The molecule has 0 spiro atoms. The number of ether oxygens (including phenoxy) is 1. The zero-order valence-electron chi connectivity index (χ0n) is 16.7. The molecule has 2 aliphatic rings. The Balaban J connectivity index is 1.65. The van der Waals surface area contributed by atoms with E-state index >= 15 is 0 Å². The van der Waals surface area contributed by atoms with Crippen molar-refractivity contribution in [3.63, 3.8) is 0 Å². The number of nitrogens with zero attached hydrogens (tertiary/aromatic N) is 2. The minimum atomic E-state index is 0.357. The first-order chi connectivity index (χ1) is 12.6. The first kappa shape index (κ1) is 19.2. The summed E-state index contributed by atoms with van der Waals surface area (Å²) in [6.07, 6.45) is 4.30. The van der Waals surface area contributed by atoms with Crippen LogP contribution in [-0.4, -0.2) is 48.7 Å². The molecule has 144 valence electrons. The van der Waals surface area contributed by atoms with Crippen LogP contribution in [0.5, 0.6) is 0 Å². The Labute approximate surface area is 158 Å². The minimum Gasteiger partial charge on any atom is -0.373 e. The van der Waals surface area contributed by atoms with Crippen molar-refractivity contribution in [3.8, 4) is 0 Å². The molecule has 2 aliphatic heterocycles. The molecule has 0 aromatic heterocycles. The molecular weight excluding hydrogens is 324 g/mol. The summed E-state index contributed by atoms with van der Waals surface area (Å²) in [5.41, 5.74) is 2.65. The Morgan fingerprint density at radius 1 is 1.27 bits per heavy atom. The number of fused-ring (bicyclic) bond motifs is 2. The summed E-state index contributed by atoms with van der Waals surface area (Å²) in [5, 5.41) is 6.99. The Bertz CT molecular complexity index is 616. The molecule has 2 fully saturated rings. The van der Waals surface area contributed by atoms with Crippen LogP contribution in [-0.2, 0) is 17.8 Å². The fraction of sp³-hybridized carbons (Fsp3) is 0.667. The molecule has 2 heterocycles. The second kappa shape index (κ2) is 8.87. The lowest BCUT2D eigenvalue weighted by Gasteiger charge is -2.23. The van der Waals surface area contributed by atoms with Crippen molar-refractivity contribution < 1.29 is 4.74 Å². The number of hydrogen-bond donors (Lipinski definition) is 2. The molecule has 5 nitrogen and oxygen atoms in total. The van der Waals surface area contributed by atoms with Gasteiger partial charge < -0.3 is 15.4 Å². The number of guanidine groups is 1. The zero-order valence-corrected chi connectivity index (χ0v) is 16.7. The predicted molar refractivity (Wildman–Crippen MR) is 107 cm³/mol. The number of aliphatic imine (C=N–C) groups is 1. The van der Waals surface area contributed by atoms with Crippen molar-refractivity contribution in [2.75, 3.05) is 13.6 Å². The maximum absolute atomic E-state index is 5.96. The van der Waals surface area contributed by atoms with Crippen LogP contribution in [0.3, 0.4) is 0 Å². The van der Waals surface area contributed by atoms with Crippen LogP contribution in [0.1, 0.15) is 51.2 Å². The van der Waals surface area contributed by atoms with Gasteiger partial charge in [-0.15, -0.1) is 0 Å². The number of benzene rings is 1. The second-order valence-electron chi connectivity index (χ2n) is 7.83. The number of hydrogen-bond acceptors (Lipinski definition) is 3. The van der Waals surface area contributed by atoms with Crippen molar-refractivity contribution in [3.05, 3.63) is 35.4 Å². The van der Waals surface area contributed by atoms with Crippen LogP contribution in [0.15, 0.2) is 29.3 Å². The summed E-state index contributed by atoms with van der Waals surface area (Å²) >= 11 is 0. The van der Waals surface area contributed by atoms with Crippen molar-refractivity contribution in [1.82, 2.24) is 15.5 Å². The molecule has 2 bridgehead atoms. The molecule has 2 N–H and O–H groups in total. The maximum atomic E-state index is 5.96. The first-order valence-corrected chi connectivity index (χ1v) is 10.0. The van der Waals surface area contributed by atoms with Crippen molar-refractivity contribution >= 4 is 5.96 Å². The lowest BCUT2D eigenvalue weighted by molar-refractivity contribution is 0.0992. The first-order valence-electron chi connectivity index (χ1n) is 10.0. The summed E-state index contributed by atoms with van der Waals surface area (Å²) in [5.74, 6) is 0.903. The van der Waals surface area contributed by atoms with Crippen molar-refractivity contribution in [1.29, 1.82) is 0 Å². The van der Waals surface area contributed by atoms with Crippen LogP contribution in [0, 0.1) is 0 Å². The van der Waals surface area contributed by atoms with Crippen molar-refractivity contribution in [2.45, 2.75) is 77.4 Å². The van der Waals surface area contributed by atoms with Crippen LogP contribution < -0.4 is 10.6 Å². The normalized spacial score (nSPS) is 25.3. The second-order valence-corrected chi connectivity index (χ2v) is 7.83. The molecule has 3 rings (SSSR count). The van der Waals surface area contributed by atoms with Gasteiger partial charge in [0.15, 0.2) is 5.96 Å². The molecule has 0 radical (unpaired) electrons. The summed E-state index contributed by atoms with van der Waals surface area (Å²) in [7, 11) is 2.17. The van der Waals surface area contributed by atoms with Gasteiger partial charge in [-0.1, -0.05) is 24.3 Å². The molecule has 2 saturated heterocycles. The van der Waals surface area contributed by atoms with Gasteiger partial charge in [-0.2, -0.15) is 0 Å². The quantitative estimate of drug-likeness (QED) is 0.581. The lowest BCUT2D eigenvalue weighted by atomic mass is 9.96. The molecule has 3 atom stereocenters. The van der Waals surface area contributed by atoms with Gasteiger partial charge in [0, 0.05) is 19.1 Å². The number of nitrogens with one attached hydrogen (secondary N) is 2. The SMILES string of the molecule is CCNC(=NCc1ccccc1CN(C)C(C)C)NC1CC2CCC1O2. The van der Waals surface area contributed by atoms with Gasteiger partial charge >= 0.3 is 0 Å². The van der Waals surface area contributed by atoms with E-state index in [9.17, 15) is 0 Å². The summed E-state index contributed by atoms with van der Waals surface area (Å²) < 4.78 is 5.96. The third-order valence-corrected chi connectivity index (χ3v) is 5.60. The Hall–Kier alpha value is -1.59. The van der Waals surface area contributed by atoms with Gasteiger partial charge in [0.25, 0.3) is 0 Å². The van der Waals surface area contributed by atoms with Crippen molar-refractivity contribution in [2.24, 2.45) is 4.99 Å². The predicted octanol–water partition coefficient (Wildman–Crippen LogP) is 2.90. The molecule has 26 heavy (non-hydrogen) atoms. The molecule has 1 aromatic carbocycles. The number of rotatable bonds is 7. The van der Waals surface area contributed by atoms with Crippen LogP contribution >= 0.6 is 0 Å². The fourth-order valence-electron chi connectivity index (χ4n) is 3.77. The molecule has 1 aromatic rings. The van der Waals surface area contributed by atoms with Crippen LogP contribution in [0.2, 0.25) is 0 Å². The highest BCUT2D eigenvalue weighted by Crippen LogP contribution is 2.34. The highest BCUT2D eigenvalue weighted by molar-refractivity contribution is 5.80. The third-order valence-electron chi connectivity index (χ3n) is 5.60. The average molecular weight is 359 g/mol. The van der Waals surface area contributed by atoms with Gasteiger partial charge in [0.1, 0.15) is 0 Å². The van der Waals surface area contributed by atoms with E-state index in [1.807, 2.05) is 0 Å². The highest BCUT2D eigenvalue weighted by atomic mass is 16.5. The summed E-state index contributed by atoms with van der Waals surface area (Å²) in [4.78, 5) is 7.22. The highest BCUT2D eigenvalue weighted by Gasteiger charge is 2.41. The Morgan fingerprint density at radius 3 is 2.65 bits per heavy atom. The molecule has 3 unspecified atom stereocenters.